The van der Waals surface area contributed by atoms with Gasteiger partial charge < -0.3 is 0 Å². The van der Waals surface area contributed by atoms with Crippen molar-refractivity contribution in [2.45, 2.75) is 40.2 Å². The van der Waals surface area contributed by atoms with Gasteiger partial charge in [0.2, 0.25) is 0 Å². The van der Waals surface area contributed by atoms with Crippen molar-refractivity contribution in [3.63, 3.8) is 0 Å². The summed E-state index contributed by atoms with van der Waals surface area (Å²) in [5, 5.41) is 0. The van der Waals surface area contributed by atoms with Gasteiger partial charge in [-0.1, -0.05) is 13.8 Å². The molecule has 0 aromatic rings. The molecule has 0 saturated carbocycles. The molecule has 0 unspecified atom stereocenters. The number of Topliss-reactive ketones (excluding diaryl/α,β-unsaturated/α-hetero) is 1. The molecule has 0 aromatic heterocycles. The van der Waals surface area contributed by atoms with E-state index in [-0.39, 0.29) is 11.3 Å². The molecule has 0 atom stereocenters. The van der Waals surface area contributed by atoms with Crippen LogP contribution in [-0.2, 0) is 4.79 Å². The van der Waals surface area contributed by atoms with Gasteiger partial charge in [0.1, 0.15) is 5.78 Å². The van der Waals surface area contributed by atoms with Crippen LogP contribution in [0, 0.1) is 0 Å². The molecule has 0 amide bonds. The lowest BCUT2D eigenvalue weighted by Gasteiger charge is -2.29. The molecule has 2 nitrogen and oxygen atoms in total. The maximum absolute atomic E-state index is 10.9. The van der Waals surface area contributed by atoms with Crippen molar-refractivity contribution in [1.29, 1.82) is 0 Å². The number of carbonyl (C=O) groups is 1. The second-order valence-corrected chi connectivity index (χ2v) is 3.01. The number of hydrogen-bond acceptors (Lipinski definition) is 2. The van der Waals surface area contributed by atoms with Crippen molar-refractivity contribution in [3.05, 3.63) is 0 Å². The Morgan fingerprint density at radius 3 is 1.45 bits per heavy atom. The van der Waals surface area contributed by atoms with Crippen LogP contribution in [-0.4, -0.2) is 30.3 Å². The maximum atomic E-state index is 10.9. The highest BCUT2D eigenvalue weighted by Crippen LogP contribution is 2.09. The van der Waals surface area contributed by atoms with Crippen molar-refractivity contribution in [2.24, 2.45) is 0 Å². The van der Waals surface area contributed by atoms with Crippen LogP contribution < -0.4 is 0 Å². The van der Waals surface area contributed by atoms with Crippen LogP contribution in [0.2, 0.25) is 0 Å². The van der Waals surface area contributed by atoms with Gasteiger partial charge in [-0.2, -0.15) is 0 Å². The summed E-state index contributed by atoms with van der Waals surface area (Å²) in [4.78, 5) is 12.8. The van der Waals surface area contributed by atoms with E-state index in [0.29, 0.717) is 0 Å². The van der Waals surface area contributed by atoms with Gasteiger partial charge in [-0.3, -0.25) is 9.69 Å². The van der Waals surface area contributed by atoms with Crippen LogP contribution in [0.3, 0.4) is 0 Å². The fourth-order valence-corrected chi connectivity index (χ4v) is 0.315. The van der Waals surface area contributed by atoms with E-state index in [2.05, 4.69) is 0 Å². The summed E-state index contributed by atoms with van der Waals surface area (Å²) in [6.45, 7) is 9.44. The monoisotopic (exact) mass is 159 g/mol. The molecule has 11 heavy (non-hydrogen) atoms. The van der Waals surface area contributed by atoms with Gasteiger partial charge in [-0.25, -0.2) is 0 Å². The normalized spacial score (nSPS) is 10.5. The molecule has 0 rings (SSSR count). The van der Waals surface area contributed by atoms with E-state index in [1.54, 1.807) is 6.92 Å². The van der Waals surface area contributed by atoms with E-state index in [4.69, 9.17) is 0 Å². The second kappa shape index (κ2) is 5.30. The Morgan fingerprint density at radius 1 is 1.18 bits per heavy atom. The molecule has 0 aromatic carbocycles. The summed E-state index contributed by atoms with van der Waals surface area (Å²) in [7, 11) is 3.81. The lowest BCUT2D eigenvalue weighted by atomic mass is 9.99. The first-order chi connectivity index (χ1) is 4.89. The summed E-state index contributed by atoms with van der Waals surface area (Å²) in [5.41, 5.74) is -0.306. The standard InChI is InChI=1S/C7H15NO.C2H6/c1-6(9)7(2,3)8(4)5;1-2/h1-5H3;1-2H3. The highest BCUT2D eigenvalue weighted by Gasteiger charge is 2.25. The van der Waals surface area contributed by atoms with Gasteiger partial charge in [0.25, 0.3) is 0 Å². The summed E-state index contributed by atoms with van der Waals surface area (Å²) in [6.07, 6.45) is 0. The van der Waals surface area contributed by atoms with Crippen LogP contribution in [0.15, 0.2) is 0 Å². The number of likely N-dealkylation sites (N-methyl/N-ethyl adjacent to an activating group) is 1. The molecular weight excluding hydrogens is 138 g/mol. The van der Waals surface area contributed by atoms with Gasteiger partial charge in [0.15, 0.2) is 0 Å². The first-order valence-electron chi connectivity index (χ1n) is 4.07. The Morgan fingerprint density at radius 2 is 1.45 bits per heavy atom. The van der Waals surface area contributed by atoms with E-state index in [1.165, 1.54) is 0 Å². The first-order valence-corrected chi connectivity index (χ1v) is 4.07. The predicted molar refractivity (Wildman–Crippen MR) is 49.8 cm³/mol. The minimum Gasteiger partial charge on any atom is -0.298 e. The predicted octanol–water partition coefficient (Wildman–Crippen LogP) is 1.94. The average molecular weight is 159 g/mol. The van der Waals surface area contributed by atoms with E-state index >= 15 is 0 Å². The zero-order chi connectivity index (χ0) is 9.65. The number of carbonyl (C=O) groups excluding carboxylic acids is 1. The fourth-order valence-electron chi connectivity index (χ4n) is 0.315. The third-order valence-electron chi connectivity index (χ3n) is 1.98. The summed E-state index contributed by atoms with van der Waals surface area (Å²) >= 11 is 0. The summed E-state index contributed by atoms with van der Waals surface area (Å²) in [5.74, 6) is 0.201. The molecule has 68 valence electrons. The zero-order valence-corrected chi connectivity index (χ0v) is 8.86. The van der Waals surface area contributed by atoms with Crippen molar-refractivity contribution in [3.8, 4) is 0 Å². The largest absolute Gasteiger partial charge is 0.298 e. The molecule has 0 N–H and O–H groups in total. The Balaban J connectivity index is 0. The molecule has 0 fully saturated rings. The van der Waals surface area contributed by atoms with Crippen molar-refractivity contribution in [1.82, 2.24) is 4.90 Å². The molecular formula is C9H21NO. The number of nitrogens with zero attached hydrogens (tertiary/aromatic N) is 1. The van der Waals surface area contributed by atoms with Crippen LogP contribution in [0.25, 0.3) is 0 Å². The molecule has 0 aliphatic heterocycles. The molecule has 0 saturated heterocycles. The van der Waals surface area contributed by atoms with Crippen LogP contribution in [0.4, 0.5) is 0 Å². The third-order valence-corrected chi connectivity index (χ3v) is 1.98. The number of ketones is 1. The lowest BCUT2D eigenvalue weighted by molar-refractivity contribution is -0.125. The first kappa shape index (κ1) is 13.2. The van der Waals surface area contributed by atoms with Crippen molar-refractivity contribution >= 4 is 5.78 Å². The topological polar surface area (TPSA) is 20.3 Å². The van der Waals surface area contributed by atoms with Gasteiger partial charge in [-0.05, 0) is 34.9 Å². The highest BCUT2D eigenvalue weighted by molar-refractivity contribution is 5.84. The van der Waals surface area contributed by atoms with Gasteiger partial charge in [-0.15, -0.1) is 0 Å². The van der Waals surface area contributed by atoms with Gasteiger partial charge in [0.05, 0.1) is 5.54 Å². The van der Waals surface area contributed by atoms with Gasteiger partial charge >= 0.3 is 0 Å². The van der Waals surface area contributed by atoms with Crippen molar-refractivity contribution < 1.29 is 4.79 Å². The summed E-state index contributed by atoms with van der Waals surface area (Å²) < 4.78 is 0. The zero-order valence-electron chi connectivity index (χ0n) is 8.86. The molecule has 2 heteroatoms. The second-order valence-electron chi connectivity index (χ2n) is 3.01. The molecule has 0 aliphatic carbocycles. The molecule has 0 bridgehead atoms. The quantitative estimate of drug-likeness (QED) is 0.613. The molecule has 0 spiro atoms. The van der Waals surface area contributed by atoms with E-state index in [1.807, 2.05) is 46.7 Å². The Hall–Kier alpha value is -0.370. The smallest absolute Gasteiger partial charge is 0.149 e. The highest BCUT2D eigenvalue weighted by atomic mass is 16.1. The lowest BCUT2D eigenvalue weighted by Crippen LogP contribution is -2.44. The third kappa shape index (κ3) is 4.14. The maximum Gasteiger partial charge on any atom is 0.149 e. The van der Waals surface area contributed by atoms with Gasteiger partial charge in [0, 0.05) is 0 Å². The Bertz CT molecular complexity index is 117. The van der Waals surface area contributed by atoms with E-state index < -0.39 is 0 Å². The molecule has 0 radical (unpaired) electrons. The average Bonchev–Trinajstić information content (AvgIpc) is 1.91. The summed E-state index contributed by atoms with van der Waals surface area (Å²) in [6, 6.07) is 0. The van der Waals surface area contributed by atoms with Crippen LogP contribution >= 0.6 is 0 Å². The van der Waals surface area contributed by atoms with E-state index in [9.17, 15) is 4.79 Å². The molecule has 0 heterocycles. The minimum atomic E-state index is -0.306. The SMILES string of the molecule is CC.CC(=O)C(C)(C)N(C)C. The minimum absolute atomic E-state index is 0.201. The fraction of sp³-hybridized carbons (Fsp3) is 0.889. The Labute approximate surface area is 70.6 Å². The molecule has 0 aliphatic rings. The van der Waals surface area contributed by atoms with E-state index in [0.717, 1.165) is 0 Å². The van der Waals surface area contributed by atoms with Crippen LogP contribution in [0.5, 0.6) is 0 Å². The number of hydrogen-bond donors (Lipinski definition) is 0. The number of rotatable bonds is 2. The Kier molecular flexibility index (Phi) is 6.38. The van der Waals surface area contributed by atoms with Crippen molar-refractivity contribution in [2.75, 3.05) is 14.1 Å². The van der Waals surface area contributed by atoms with Crippen LogP contribution in [0.1, 0.15) is 34.6 Å².